The highest BCUT2D eigenvalue weighted by molar-refractivity contribution is 5.97. The number of amides is 1. The van der Waals surface area contributed by atoms with Crippen LogP contribution in [0.15, 0.2) is 58.8 Å². The van der Waals surface area contributed by atoms with Gasteiger partial charge in [-0.15, -0.1) is 10.2 Å². The van der Waals surface area contributed by atoms with Crippen LogP contribution in [0.1, 0.15) is 15.9 Å². The first kappa shape index (κ1) is 14.0. The number of nitrogens with zero attached hydrogens (tertiary/aromatic N) is 3. The number of benzene rings is 2. The summed E-state index contributed by atoms with van der Waals surface area (Å²) in [6.07, 6.45) is 0. The Morgan fingerprint density at radius 3 is 2.50 bits per heavy atom. The van der Waals surface area contributed by atoms with Crippen molar-refractivity contribution in [2.75, 3.05) is 0 Å². The molecule has 0 aliphatic carbocycles. The van der Waals surface area contributed by atoms with E-state index in [1.54, 1.807) is 23.7 Å². The van der Waals surface area contributed by atoms with Gasteiger partial charge in [0, 0.05) is 18.0 Å². The van der Waals surface area contributed by atoms with Crippen molar-refractivity contribution in [2.45, 2.75) is 6.92 Å². The topological polar surface area (TPSA) is 66.9 Å². The Morgan fingerprint density at radius 2 is 1.77 bits per heavy atom. The number of rotatable bonds is 2. The molecule has 1 amide bonds. The van der Waals surface area contributed by atoms with E-state index in [-0.39, 0.29) is 5.88 Å². The molecule has 2 aromatic carbocycles. The summed E-state index contributed by atoms with van der Waals surface area (Å²) in [6, 6.07) is 14.5. The lowest BCUT2D eigenvalue weighted by Gasteiger charge is -1.96. The molecule has 0 atom stereocenters. The molecule has 0 spiro atoms. The van der Waals surface area contributed by atoms with Crippen LogP contribution in [0.25, 0.3) is 10.9 Å². The lowest BCUT2D eigenvalue weighted by Crippen LogP contribution is -1.93. The molecule has 0 unspecified atom stereocenters. The molecule has 3 aromatic rings. The lowest BCUT2D eigenvalue weighted by atomic mass is 10.1. The number of aromatic nitrogens is 1. The quantitative estimate of drug-likeness (QED) is 0.722. The summed E-state index contributed by atoms with van der Waals surface area (Å²) < 4.78 is 1.61. The van der Waals surface area contributed by atoms with E-state index in [9.17, 15) is 9.90 Å². The molecule has 0 bridgehead atoms. The maximum absolute atomic E-state index is 12.0. The number of azo groups is 1. The summed E-state index contributed by atoms with van der Waals surface area (Å²) in [5.41, 5.74) is 2.67. The Morgan fingerprint density at radius 1 is 1.09 bits per heavy atom. The van der Waals surface area contributed by atoms with Gasteiger partial charge in [0.25, 0.3) is 5.91 Å². The largest absolute Gasteiger partial charge is 0.493 e. The second-order valence-electron chi connectivity index (χ2n) is 5.12. The fourth-order valence-electron chi connectivity index (χ4n) is 2.31. The van der Waals surface area contributed by atoms with E-state index in [4.69, 9.17) is 0 Å². The Hall–Kier alpha value is -2.95. The Labute approximate surface area is 127 Å². The van der Waals surface area contributed by atoms with Crippen molar-refractivity contribution in [1.82, 2.24) is 4.57 Å². The van der Waals surface area contributed by atoms with Gasteiger partial charge in [-0.2, -0.15) is 0 Å². The zero-order valence-electron chi connectivity index (χ0n) is 12.3. The van der Waals surface area contributed by atoms with E-state index in [2.05, 4.69) is 10.2 Å². The van der Waals surface area contributed by atoms with Crippen LogP contribution in [0.5, 0.6) is 5.88 Å². The van der Waals surface area contributed by atoms with Crippen LogP contribution >= 0.6 is 0 Å². The third kappa shape index (κ3) is 2.37. The number of hydrogen-bond donors (Lipinski definition) is 1. The molecule has 5 heteroatoms. The Balaban J connectivity index is 1.97. The normalized spacial score (nSPS) is 11.4. The van der Waals surface area contributed by atoms with Gasteiger partial charge in [-0.05, 0) is 25.1 Å². The summed E-state index contributed by atoms with van der Waals surface area (Å²) >= 11 is 0. The average molecular weight is 293 g/mol. The van der Waals surface area contributed by atoms with E-state index in [0.29, 0.717) is 11.3 Å². The van der Waals surface area contributed by atoms with Crippen LogP contribution in [0.4, 0.5) is 5.69 Å². The van der Waals surface area contributed by atoms with Gasteiger partial charge in [-0.3, -0.25) is 4.79 Å². The van der Waals surface area contributed by atoms with Crippen LogP contribution in [-0.4, -0.2) is 15.6 Å². The van der Waals surface area contributed by atoms with Gasteiger partial charge < -0.3 is 9.67 Å². The zero-order chi connectivity index (χ0) is 15.7. The van der Waals surface area contributed by atoms with Crippen LogP contribution < -0.4 is 0 Å². The maximum atomic E-state index is 12.0. The first-order chi connectivity index (χ1) is 10.6. The number of aromatic hydroxyl groups is 1. The maximum Gasteiger partial charge on any atom is 0.295 e. The molecule has 110 valence electrons. The van der Waals surface area contributed by atoms with Gasteiger partial charge in [0.05, 0.1) is 5.52 Å². The molecule has 1 heterocycles. The first-order valence-electron chi connectivity index (χ1n) is 6.87. The predicted molar refractivity (Wildman–Crippen MR) is 84.6 cm³/mol. The van der Waals surface area contributed by atoms with Crippen LogP contribution in [0.2, 0.25) is 0 Å². The number of hydrogen-bond acceptors (Lipinski definition) is 3. The number of para-hydroxylation sites is 1. The van der Waals surface area contributed by atoms with Crippen LogP contribution in [0, 0.1) is 6.92 Å². The van der Waals surface area contributed by atoms with Crippen molar-refractivity contribution in [2.24, 2.45) is 17.3 Å². The van der Waals surface area contributed by atoms with Gasteiger partial charge in [-0.25, -0.2) is 0 Å². The van der Waals surface area contributed by atoms with Gasteiger partial charge in [0.15, 0.2) is 5.69 Å². The fourth-order valence-corrected chi connectivity index (χ4v) is 2.31. The molecule has 0 fully saturated rings. The minimum Gasteiger partial charge on any atom is -0.493 e. The SMILES string of the molecule is Cc1ccc(C(=O)N=Nc2c(O)n(C)c3ccccc23)cc1. The summed E-state index contributed by atoms with van der Waals surface area (Å²) in [6.45, 7) is 1.95. The highest BCUT2D eigenvalue weighted by Gasteiger charge is 2.14. The van der Waals surface area contributed by atoms with Crippen molar-refractivity contribution >= 4 is 22.5 Å². The van der Waals surface area contributed by atoms with Crippen LogP contribution in [-0.2, 0) is 7.05 Å². The fraction of sp³-hybridized carbons (Fsp3) is 0.118. The monoisotopic (exact) mass is 293 g/mol. The van der Waals surface area contributed by atoms with E-state index >= 15 is 0 Å². The summed E-state index contributed by atoms with van der Waals surface area (Å²) in [7, 11) is 1.73. The molecule has 0 saturated carbocycles. The second kappa shape index (κ2) is 5.44. The Kier molecular flexibility index (Phi) is 3.47. The molecule has 0 aliphatic rings. The number of carbonyl (C=O) groups excluding carboxylic acids is 1. The number of fused-ring (bicyclic) bond motifs is 1. The third-order valence-corrected chi connectivity index (χ3v) is 3.59. The van der Waals surface area contributed by atoms with Crippen LogP contribution in [0.3, 0.4) is 0 Å². The molecule has 0 aliphatic heterocycles. The molecule has 22 heavy (non-hydrogen) atoms. The predicted octanol–water partition coefficient (Wildman–Crippen LogP) is 4.12. The van der Waals surface area contributed by atoms with E-state index in [0.717, 1.165) is 16.5 Å². The highest BCUT2D eigenvalue weighted by Crippen LogP contribution is 2.37. The van der Waals surface area contributed by atoms with Crippen molar-refractivity contribution < 1.29 is 9.90 Å². The van der Waals surface area contributed by atoms with Gasteiger partial charge in [0.2, 0.25) is 5.88 Å². The van der Waals surface area contributed by atoms with E-state index in [1.807, 2.05) is 43.3 Å². The minimum atomic E-state index is -0.438. The molecular formula is C17H15N3O2. The van der Waals surface area contributed by atoms with Crippen molar-refractivity contribution in [3.8, 4) is 5.88 Å². The van der Waals surface area contributed by atoms with Gasteiger partial charge >= 0.3 is 0 Å². The molecule has 5 nitrogen and oxygen atoms in total. The summed E-state index contributed by atoms with van der Waals surface area (Å²) in [4.78, 5) is 12.0. The lowest BCUT2D eigenvalue weighted by molar-refractivity contribution is 0.0995. The smallest absolute Gasteiger partial charge is 0.295 e. The highest BCUT2D eigenvalue weighted by atomic mass is 16.3. The molecule has 0 radical (unpaired) electrons. The van der Waals surface area contributed by atoms with Gasteiger partial charge in [0.1, 0.15) is 0 Å². The number of aryl methyl sites for hydroxylation is 2. The molecule has 1 aromatic heterocycles. The average Bonchev–Trinajstić information content (AvgIpc) is 2.78. The standard InChI is InChI=1S/C17H15N3O2/c1-11-7-9-12(10-8-11)16(21)19-18-15-13-5-3-4-6-14(13)20(2)17(15)22/h3-10,22H,1-2H3. The van der Waals surface area contributed by atoms with Crippen molar-refractivity contribution in [1.29, 1.82) is 0 Å². The third-order valence-electron chi connectivity index (χ3n) is 3.59. The van der Waals surface area contributed by atoms with Crippen molar-refractivity contribution in [3.05, 3.63) is 59.7 Å². The number of carbonyl (C=O) groups is 1. The Bertz CT molecular complexity index is 877. The first-order valence-corrected chi connectivity index (χ1v) is 6.87. The summed E-state index contributed by atoms with van der Waals surface area (Å²) in [5, 5.41) is 18.6. The van der Waals surface area contributed by atoms with E-state index < -0.39 is 5.91 Å². The van der Waals surface area contributed by atoms with Crippen molar-refractivity contribution in [3.63, 3.8) is 0 Å². The molecule has 1 N–H and O–H groups in total. The summed E-state index contributed by atoms with van der Waals surface area (Å²) in [5.74, 6) is -0.450. The molecule has 3 rings (SSSR count). The zero-order valence-corrected chi connectivity index (χ0v) is 12.3. The molecular weight excluding hydrogens is 278 g/mol. The second-order valence-corrected chi connectivity index (χ2v) is 5.12. The van der Waals surface area contributed by atoms with Gasteiger partial charge in [-0.1, -0.05) is 35.9 Å². The minimum absolute atomic E-state index is 0.0124. The van der Waals surface area contributed by atoms with E-state index in [1.165, 1.54) is 0 Å². The molecule has 0 saturated heterocycles.